The summed E-state index contributed by atoms with van der Waals surface area (Å²) in [6.45, 7) is 17.0. The molecule has 3 rings (SSSR count). The molecule has 0 saturated heterocycles. The van der Waals surface area contributed by atoms with Gasteiger partial charge in [-0.05, 0) is 87.8 Å². The molecule has 0 N–H and O–H groups in total. The molecule has 0 unspecified atom stereocenters. The van der Waals surface area contributed by atoms with Crippen LogP contribution < -0.4 is 37.2 Å². The van der Waals surface area contributed by atoms with Crippen molar-refractivity contribution in [1.82, 2.24) is 4.98 Å². The van der Waals surface area contributed by atoms with Crippen LogP contribution in [0.4, 0.5) is 11.4 Å². The van der Waals surface area contributed by atoms with Crippen molar-refractivity contribution in [3.63, 3.8) is 0 Å². The summed E-state index contributed by atoms with van der Waals surface area (Å²) < 4.78 is 0. The Morgan fingerprint density at radius 3 is 1.15 bits per heavy atom. The van der Waals surface area contributed by atoms with Gasteiger partial charge >= 0.3 is 17.1 Å². The Hall–Kier alpha value is -1.39. The summed E-state index contributed by atoms with van der Waals surface area (Å²) in [5, 5.41) is 0.639. The zero-order valence-corrected chi connectivity index (χ0v) is 28.1. The summed E-state index contributed by atoms with van der Waals surface area (Å²) in [6.07, 6.45) is 3.77. The number of hydrogen-bond donors (Lipinski definition) is 0. The van der Waals surface area contributed by atoms with Gasteiger partial charge in [0, 0.05) is 5.02 Å². The smallest absolute Gasteiger partial charge is 1.00 e. The van der Waals surface area contributed by atoms with E-state index in [1.165, 1.54) is 33.4 Å². The predicted molar refractivity (Wildman–Crippen MR) is 153 cm³/mol. The van der Waals surface area contributed by atoms with Gasteiger partial charge < -0.3 is 37.2 Å². The molecular weight excluding hydrogens is 612 g/mol. The second kappa shape index (κ2) is 18.1. The molecule has 8 heteroatoms. The molecule has 0 aliphatic carbocycles. The molecule has 2 aromatic carbocycles. The Morgan fingerprint density at radius 2 is 0.897 bits per heavy atom. The quantitative estimate of drug-likeness (QED) is 0.248. The van der Waals surface area contributed by atoms with Crippen molar-refractivity contribution in [2.45, 2.75) is 81.1 Å². The van der Waals surface area contributed by atoms with E-state index in [0.29, 0.717) is 5.02 Å². The van der Waals surface area contributed by atoms with E-state index in [4.69, 9.17) is 26.6 Å². The second-order valence-corrected chi connectivity index (χ2v) is 9.66. The largest absolute Gasteiger partial charge is 3.00 e. The van der Waals surface area contributed by atoms with Gasteiger partial charge in [0.1, 0.15) is 0 Å². The van der Waals surface area contributed by atoms with E-state index >= 15 is 0 Å². The molecule has 1 heterocycles. The van der Waals surface area contributed by atoms with Crippen molar-refractivity contribution in [1.29, 1.82) is 0 Å². The minimum atomic E-state index is 0. The van der Waals surface area contributed by atoms with E-state index in [9.17, 15) is 0 Å². The van der Waals surface area contributed by atoms with E-state index in [1.807, 2.05) is 26.0 Å². The average molecular weight is 650 g/mol. The third-order valence-electron chi connectivity index (χ3n) is 6.44. The summed E-state index contributed by atoms with van der Waals surface area (Å²) in [7, 11) is 0. The maximum atomic E-state index is 6.57. The Bertz CT molecular complexity index is 1160. The van der Waals surface area contributed by atoms with Gasteiger partial charge in [0.05, 0.1) is 34.2 Å². The summed E-state index contributed by atoms with van der Waals surface area (Å²) in [5.74, 6) is 0. The van der Waals surface area contributed by atoms with Gasteiger partial charge in [-0.1, -0.05) is 74.7 Å². The molecule has 213 valence electrons. The molecule has 0 spiro atoms. The summed E-state index contributed by atoms with van der Waals surface area (Å²) >= 11 is 6.57. The number of pyridine rings is 1. The molecule has 0 aliphatic rings. The SMILES string of the molecule is CCc1cc(C)cc(CC)c1N=C(C)c1cc(Cl)cc(C(C)=Nc2c(CC)cc(C)cc2CC)n1.[Cl-].[Cl-].[Cl-].[Fe+3]. The van der Waals surface area contributed by atoms with E-state index < -0.39 is 0 Å². The zero-order valence-electron chi connectivity index (χ0n) is 24.0. The molecule has 0 atom stereocenters. The Kier molecular flexibility index (Phi) is 18.5. The van der Waals surface area contributed by atoms with Crippen LogP contribution in [0.2, 0.25) is 5.02 Å². The van der Waals surface area contributed by atoms with E-state index in [0.717, 1.165) is 59.9 Å². The first kappa shape index (κ1) is 39.8. The number of rotatable bonds is 8. The van der Waals surface area contributed by atoms with Crippen molar-refractivity contribution in [2.75, 3.05) is 0 Å². The van der Waals surface area contributed by atoms with Gasteiger partial charge in [0.15, 0.2) is 0 Å². The number of benzene rings is 2. The first-order valence-electron chi connectivity index (χ1n) is 12.7. The molecule has 0 fully saturated rings. The molecule has 0 bridgehead atoms. The Morgan fingerprint density at radius 1 is 0.615 bits per heavy atom. The third kappa shape index (κ3) is 9.88. The maximum absolute atomic E-state index is 6.57. The minimum absolute atomic E-state index is 0. The Labute approximate surface area is 269 Å². The zero-order chi connectivity index (χ0) is 25.7. The molecule has 1 radical (unpaired) electrons. The molecule has 39 heavy (non-hydrogen) atoms. The van der Waals surface area contributed by atoms with E-state index in [2.05, 4.69) is 65.8 Å². The van der Waals surface area contributed by atoms with Gasteiger partial charge in [-0.25, -0.2) is 4.98 Å². The molecule has 0 aliphatic heterocycles. The number of aryl methyl sites for hydroxylation is 6. The second-order valence-electron chi connectivity index (χ2n) is 9.23. The predicted octanol–water partition coefficient (Wildman–Crippen LogP) is -0.108. The standard InChI is InChI=1S/C31H38ClN3.3ClH.Fe/c1-9-23-13-19(5)14-24(10-2)30(23)33-21(7)28-17-27(32)18-29(35-28)22(8)34-31-25(11-3)15-20(6)16-26(31)12-4;;;;/h13-18H,9-12H2,1-8H3;3*1H;/q;;;;+3/p-3. The summed E-state index contributed by atoms with van der Waals surface area (Å²) in [6, 6.07) is 12.7. The van der Waals surface area contributed by atoms with Crippen LogP contribution in [0.3, 0.4) is 0 Å². The van der Waals surface area contributed by atoms with Gasteiger partial charge in [-0.15, -0.1) is 0 Å². The molecule has 0 amide bonds. The number of aromatic nitrogens is 1. The number of nitrogens with zero attached hydrogens (tertiary/aromatic N) is 3. The van der Waals surface area contributed by atoms with Crippen LogP contribution in [-0.2, 0) is 42.8 Å². The third-order valence-corrected chi connectivity index (χ3v) is 6.66. The van der Waals surface area contributed by atoms with Crippen molar-refractivity contribution in [2.24, 2.45) is 9.98 Å². The van der Waals surface area contributed by atoms with Crippen molar-refractivity contribution >= 4 is 34.4 Å². The Balaban J connectivity index is 0. The van der Waals surface area contributed by atoms with Crippen LogP contribution in [0, 0.1) is 13.8 Å². The molecule has 3 aromatic rings. The van der Waals surface area contributed by atoms with Crippen LogP contribution in [-0.4, -0.2) is 16.4 Å². The van der Waals surface area contributed by atoms with Crippen LogP contribution in [0.5, 0.6) is 0 Å². The molecule has 3 nitrogen and oxygen atoms in total. The fourth-order valence-electron chi connectivity index (χ4n) is 4.55. The van der Waals surface area contributed by atoms with Crippen molar-refractivity contribution < 1.29 is 54.3 Å². The first-order chi connectivity index (χ1) is 16.7. The number of halogens is 4. The van der Waals surface area contributed by atoms with Crippen LogP contribution in [0.25, 0.3) is 0 Å². The van der Waals surface area contributed by atoms with Crippen molar-refractivity contribution in [3.8, 4) is 0 Å². The number of hydrogen-bond acceptors (Lipinski definition) is 3. The van der Waals surface area contributed by atoms with Crippen molar-refractivity contribution in [3.05, 3.63) is 86.2 Å². The van der Waals surface area contributed by atoms with Crippen LogP contribution in [0.15, 0.2) is 46.4 Å². The molecule has 0 saturated carbocycles. The first-order valence-corrected chi connectivity index (χ1v) is 13.1. The topological polar surface area (TPSA) is 37.6 Å². The van der Waals surface area contributed by atoms with Crippen LogP contribution in [0.1, 0.15) is 86.3 Å². The van der Waals surface area contributed by atoms with E-state index in [1.54, 1.807) is 0 Å². The summed E-state index contributed by atoms with van der Waals surface area (Å²) in [5.41, 5.74) is 13.0. The van der Waals surface area contributed by atoms with Gasteiger partial charge in [0.2, 0.25) is 0 Å². The molecule has 1 aromatic heterocycles. The average Bonchev–Trinajstić information content (AvgIpc) is 2.84. The van der Waals surface area contributed by atoms with Gasteiger partial charge in [-0.2, -0.15) is 0 Å². The summed E-state index contributed by atoms with van der Waals surface area (Å²) in [4.78, 5) is 15.1. The minimum Gasteiger partial charge on any atom is -1.00 e. The number of aliphatic imine (C=N–C) groups is 2. The van der Waals surface area contributed by atoms with Gasteiger partial charge in [-0.3, -0.25) is 9.98 Å². The van der Waals surface area contributed by atoms with E-state index in [-0.39, 0.29) is 54.3 Å². The maximum Gasteiger partial charge on any atom is 3.00 e. The van der Waals surface area contributed by atoms with Crippen LogP contribution >= 0.6 is 11.6 Å². The fraction of sp³-hybridized carbons (Fsp3) is 0.387. The monoisotopic (exact) mass is 648 g/mol. The molecular formula is C31H38Cl4FeN3. The normalized spacial score (nSPS) is 11.1. The fourth-order valence-corrected chi connectivity index (χ4v) is 4.76. The van der Waals surface area contributed by atoms with Gasteiger partial charge in [0.25, 0.3) is 0 Å².